The van der Waals surface area contributed by atoms with Crippen LogP contribution in [0.5, 0.6) is 11.5 Å². The summed E-state index contributed by atoms with van der Waals surface area (Å²) < 4.78 is 11.0. The van der Waals surface area contributed by atoms with E-state index in [1.165, 1.54) is 16.9 Å². The molecule has 0 unspecified atom stereocenters. The van der Waals surface area contributed by atoms with Gasteiger partial charge in [0.25, 0.3) is 5.91 Å². The number of amides is 1. The van der Waals surface area contributed by atoms with Crippen LogP contribution in [0.3, 0.4) is 0 Å². The third-order valence-electron chi connectivity index (χ3n) is 5.88. The highest BCUT2D eigenvalue weighted by Gasteiger charge is 2.17. The highest BCUT2D eigenvalue weighted by Crippen LogP contribution is 2.33. The van der Waals surface area contributed by atoms with Gasteiger partial charge in [0, 0.05) is 30.0 Å². The highest BCUT2D eigenvalue weighted by molar-refractivity contribution is 7.09. The van der Waals surface area contributed by atoms with E-state index in [1.54, 1.807) is 0 Å². The Labute approximate surface area is 219 Å². The molecule has 2 heterocycles. The van der Waals surface area contributed by atoms with E-state index in [9.17, 15) is 4.79 Å². The van der Waals surface area contributed by atoms with E-state index in [-0.39, 0.29) is 12.7 Å². The first-order valence-electron chi connectivity index (χ1n) is 11.7. The molecule has 6 nitrogen and oxygen atoms in total. The number of nitrogens with one attached hydrogen (secondary N) is 1. The molecule has 1 aliphatic rings. The van der Waals surface area contributed by atoms with Gasteiger partial charge in [0.1, 0.15) is 10.7 Å². The maximum absolute atomic E-state index is 12.7. The number of fused-ring (bicyclic) bond motifs is 1. The minimum absolute atomic E-state index is 0.168. The molecule has 184 valence electrons. The van der Waals surface area contributed by atoms with Gasteiger partial charge < -0.3 is 14.8 Å². The standard InChI is InChI=1S/C28H26ClN3O3S/c1-19-2-4-20(5-3-19)13-30-28(33)24-17-36-27(31-24)16-32(14-21-6-9-23(29)10-7-21)15-22-8-11-25-26(12-22)35-18-34-25/h2-12,17H,13-16,18H2,1H3,(H,30,33). The molecule has 1 aromatic heterocycles. The molecule has 3 aromatic carbocycles. The molecular formula is C28H26ClN3O3S. The summed E-state index contributed by atoms with van der Waals surface area (Å²) >= 11 is 7.57. The second kappa shape index (κ2) is 11.1. The van der Waals surface area contributed by atoms with Gasteiger partial charge in [0.2, 0.25) is 6.79 Å². The Hall–Kier alpha value is -3.39. The molecule has 5 rings (SSSR count). The van der Waals surface area contributed by atoms with Crippen molar-refractivity contribution in [1.82, 2.24) is 15.2 Å². The van der Waals surface area contributed by atoms with Gasteiger partial charge >= 0.3 is 0 Å². The zero-order valence-corrected chi connectivity index (χ0v) is 21.4. The third kappa shape index (κ3) is 6.23. The van der Waals surface area contributed by atoms with Crippen LogP contribution in [0.15, 0.2) is 72.1 Å². The van der Waals surface area contributed by atoms with Crippen LogP contribution in [0.4, 0.5) is 0 Å². The van der Waals surface area contributed by atoms with Crippen molar-refractivity contribution in [3.8, 4) is 11.5 Å². The Kier molecular flexibility index (Phi) is 7.51. The molecule has 0 aliphatic carbocycles. The largest absolute Gasteiger partial charge is 0.454 e. The zero-order valence-electron chi connectivity index (χ0n) is 19.9. The fourth-order valence-corrected chi connectivity index (χ4v) is 4.91. The molecule has 1 N–H and O–H groups in total. The lowest BCUT2D eigenvalue weighted by Crippen LogP contribution is -2.24. The fourth-order valence-electron chi connectivity index (χ4n) is 3.97. The molecule has 8 heteroatoms. The highest BCUT2D eigenvalue weighted by atomic mass is 35.5. The number of aryl methyl sites for hydroxylation is 1. The van der Waals surface area contributed by atoms with Crippen molar-refractivity contribution in [3.63, 3.8) is 0 Å². The third-order valence-corrected chi connectivity index (χ3v) is 6.97. The van der Waals surface area contributed by atoms with Crippen molar-refractivity contribution in [2.45, 2.75) is 33.1 Å². The predicted octanol–water partition coefficient (Wildman–Crippen LogP) is 5.97. The van der Waals surface area contributed by atoms with E-state index in [4.69, 9.17) is 21.1 Å². The maximum atomic E-state index is 12.7. The minimum atomic E-state index is -0.168. The molecule has 36 heavy (non-hydrogen) atoms. The monoisotopic (exact) mass is 519 g/mol. The summed E-state index contributed by atoms with van der Waals surface area (Å²) in [7, 11) is 0. The number of halogens is 1. The Morgan fingerprint density at radius 1 is 0.944 bits per heavy atom. The number of hydrogen-bond donors (Lipinski definition) is 1. The number of benzene rings is 3. The summed E-state index contributed by atoms with van der Waals surface area (Å²) in [6, 6.07) is 22.0. The number of thiazole rings is 1. The molecule has 0 saturated carbocycles. The number of carbonyl (C=O) groups excluding carboxylic acids is 1. The van der Waals surface area contributed by atoms with Crippen LogP contribution < -0.4 is 14.8 Å². The first-order valence-corrected chi connectivity index (χ1v) is 12.9. The van der Waals surface area contributed by atoms with Gasteiger partial charge in [0.05, 0.1) is 6.54 Å². The van der Waals surface area contributed by atoms with E-state index in [1.807, 2.05) is 79.0 Å². The van der Waals surface area contributed by atoms with Crippen LogP contribution >= 0.6 is 22.9 Å². The van der Waals surface area contributed by atoms with Gasteiger partial charge in [-0.25, -0.2) is 4.98 Å². The second-order valence-corrected chi connectivity index (χ2v) is 10.1. The van der Waals surface area contributed by atoms with Crippen LogP contribution in [-0.2, 0) is 26.2 Å². The molecular weight excluding hydrogens is 494 g/mol. The minimum Gasteiger partial charge on any atom is -0.454 e. The summed E-state index contributed by atoms with van der Waals surface area (Å²) in [4.78, 5) is 19.6. The molecule has 0 saturated heterocycles. The van der Waals surface area contributed by atoms with E-state index in [0.717, 1.165) is 33.2 Å². The first-order chi connectivity index (χ1) is 17.5. The second-order valence-electron chi connectivity index (χ2n) is 8.75. The molecule has 1 amide bonds. The molecule has 0 fully saturated rings. The summed E-state index contributed by atoms with van der Waals surface area (Å²) in [5.74, 6) is 1.36. The van der Waals surface area contributed by atoms with Gasteiger partial charge in [-0.1, -0.05) is 59.6 Å². The summed E-state index contributed by atoms with van der Waals surface area (Å²) in [5, 5.41) is 6.37. The fraction of sp³-hybridized carbons (Fsp3) is 0.214. The van der Waals surface area contributed by atoms with Gasteiger partial charge in [-0.3, -0.25) is 9.69 Å². The Morgan fingerprint density at radius 3 is 2.44 bits per heavy atom. The lowest BCUT2D eigenvalue weighted by atomic mass is 10.1. The lowest BCUT2D eigenvalue weighted by Gasteiger charge is -2.22. The zero-order chi connectivity index (χ0) is 24.9. The Bertz CT molecular complexity index is 1340. The van der Waals surface area contributed by atoms with Gasteiger partial charge in [-0.2, -0.15) is 0 Å². The number of hydrogen-bond acceptors (Lipinski definition) is 6. The van der Waals surface area contributed by atoms with Crippen LogP contribution in [0.1, 0.15) is 37.7 Å². The first kappa shape index (κ1) is 24.3. The van der Waals surface area contributed by atoms with Crippen molar-refractivity contribution in [2.75, 3.05) is 6.79 Å². The molecule has 1 aliphatic heterocycles. The van der Waals surface area contributed by atoms with Crippen molar-refractivity contribution in [2.24, 2.45) is 0 Å². The molecule has 0 atom stereocenters. The van der Waals surface area contributed by atoms with Crippen molar-refractivity contribution >= 4 is 28.8 Å². The van der Waals surface area contributed by atoms with E-state index >= 15 is 0 Å². The van der Waals surface area contributed by atoms with Crippen LogP contribution in [-0.4, -0.2) is 22.6 Å². The van der Waals surface area contributed by atoms with Crippen LogP contribution in [0.25, 0.3) is 0 Å². The average molecular weight is 520 g/mol. The van der Waals surface area contributed by atoms with Gasteiger partial charge in [0.15, 0.2) is 11.5 Å². The Balaban J connectivity index is 1.27. The smallest absolute Gasteiger partial charge is 0.271 e. The Morgan fingerprint density at radius 2 is 1.64 bits per heavy atom. The number of nitrogens with zero attached hydrogens (tertiary/aromatic N) is 2. The number of carbonyl (C=O) groups is 1. The SMILES string of the molecule is Cc1ccc(CNC(=O)c2csc(CN(Cc3ccc(Cl)cc3)Cc3ccc4c(c3)OCO4)n2)cc1. The van der Waals surface area contributed by atoms with E-state index in [2.05, 4.69) is 15.2 Å². The number of aromatic nitrogens is 1. The van der Waals surface area contributed by atoms with Gasteiger partial charge in [-0.05, 0) is 47.9 Å². The normalized spacial score (nSPS) is 12.2. The van der Waals surface area contributed by atoms with E-state index < -0.39 is 0 Å². The lowest BCUT2D eigenvalue weighted by molar-refractivity contribution is 0.0946. The predicted molar refractivity (Wildman–Crippen MR) is 141 cm³/mol. The van der Waals surface area contributed by atoms with Crippen molar-refractivity contribution in [1.29, 1.82) is 0 Å². The summed E-state index contributed by atoms with van der Waals surface area (Å²) in [5.41, 5.74) is 4.95. The molecule has 4 aromatic rings. The molecule has 0 spiro atoms. The van der Waals surface area contributed by atoms with E-state index in [0.29, 0.717) is 36.9 Å². The van der Waals surface area contributed by atoms with Crippen molar-refractivity contribution in [3.05, 3.63) is 110 Å². The maximum Gasteiger partial charge on any atom is 0.271 e. The van der Waals surface area contributed by atoms with Crippen molar-refractivity contribution < 1.29 is 14.3 Å². The topological polar surface area (TPSA) is 63.7 Å². The quantitative estimate of drug-likeness (QED) is 0.295. The molecule has 0 radical (unpaired) electrons. The molecule has 0 bridgehead atoms. The summed E-state index contributed by atoms with van der Waals surface area (Å²) in [6.07, 6.45) is 0. The van der Waals surface area contributed by atoms with Crippen LogP contribution in [0.2, 0.25) is 5.02 Å². The number of rotatable bonds is 9. The number of ether oxygens (including phenoxy) is 2. The average Bonchev–Trinajstić information content (AvgIpc) is 3.54. The van der Waals surface area contributed by atoms with Gasteiger partial charge in [-0.15, -0.1) is 11.3 Å². The summed E-state index contributed by atoms with van der Waals surface area (Å²) in [6.45, 7) is 4.77. The van der Waals surface area contributed by atoms with Crippen LogP contribution in [0, 0.1) is 6.92 Å².